The zero-order chi connectivity index (χ0) is 22.1. The first-order chi connectivity index (χ1) is 14.8. The first-order valence-corrected chi connectivity index (χ1v) is 10.7. The minimum Gasteiger partial charge on any atom is -0.273 e. The van der Waals surface area contributed by atoms with Gasteiger partial charge in [0.25, 0.3) is 11.5 Å². The van der Waals surface area contributed by atoms with Crippen LogP contribution in [0, 0.1) is 0 Å². The number of hydrogen-bond acceptors (Lipinski definition) is 6. The number of halogens is 1. The van der Waals surface area contributed by atoms with Gasteiger partial charge in [0.2, 0.25) is 5.91 Å². The molecule has 156 valence electrons. The van der Waals surface area contributed by atoms with Gasteiger partial charge in [-0.15, -0.1) is 0 Å². The number of amides is 2. The number of thioether (sulfide) groups is 1. The fourth-order valence-corrected chi connectivity index (χ4v) is 4.40. The van der Waals surface area contributed by atoms with E-state index in [0.717, 1.165) is 22.3 Å². The van der Waals surface area contributed by atoms with E-state index in [2.05, 4.69) is 10.5 Å². The molecule has 10 heteroatoms. The summed E-state index contributed by atoms with van der Waals surface area (Å²) in [4.78, 5) is 38.0. The molecule has 0 radical (unpaired) electrons. The van der Waals surface area contributed by atoms with Crippen LogP contribution in [0.1, 0.15) is 11.3 Å². The minimum absolute atomic E-state index is 0.123. The molecule has 2 aromatic carbocycles. The normalized spacial score (nSPS) is 15.2. The molecular weight excluding hydrogens is 456 g/mol. The maximum absolute atomic E-state index is 12.7. The number of carbonyl (C=O) groups is 2. The van der Waals surface area contributed by atoms with Crippen molar-refractivity contribution in [1.29, 1.82) is 0 Å². The number of nitrogens with zero attached hydrogens (tertiary/aromatic N) is 3. The highest BCUT2D eigenvalue weighted by molar-refractivity contribution is 8.26. The lowest BCUT2D eigenvalue weighted by atomic mass is 10.1. The van der Waals surface area contributed by atoms with Crippen LogP contribution in [0.15, 0.2) is 58.2 Å². The number of aromatic nitrogens is 2. The summed E-state index contributed by atoms with van der Waals surface area (Å²) in [6, 6.07) is 14.0. The molecule has 1 aliphatic rings. The second kappa shape index (κ2) is 8.62. The number of hydrazine groups is 1. The van der Waals surface area contributed by atoms with E-state index in [-0.39, 0.29) is 16.3 Å². The molecule has 3 aromatic rings. The summed E-state index contributed by atoms with van der Waals surface area (Å²) < 4.78 is 1.41. The van der Waals surface area contributed by atoms with E-state index in [1.807, 2.05) is 0 Å². The predicted molar refractivity (Wildman–Crippen MR) is 125 cm³/mol. The maximum Gasteiger partial charge on any atom is 0.285 e. The van der Waals surface area contributed by atoms with Gasteiger partial charge in [0, 0.05) is 17.5 Å². The number of aryl methyl sites for hydroxylation is 1. The standard InChI is InChI=1S/C21H15ClN4O3S2/c1-25-19(28)15-5-3-2-4-14(15)16(23-25)11-18(27)24-26-20(29)17(31-21(26)30)10-12-6-8-13(22)9-7-12/h2-10H,11H2,1H3,(H,24,27). The zero-order valence-corrected chi connectivity index (χ0v) is 18.6. The van der Waals surface area contributed by atoms with Crippen LogP contribution in [0.2, 0.25) is 5.02 Å². The van der Waals surface area contributed by atoms with Gasteiger partial charge in [-0.25, -0.2) is 4.68 Å². The molecule has 1 N–H and O–H groups in total. The number of benzene rings is 2. The highest BCUT2D eigenvalue weighted by Crippen LogP contribution is 2.31. The number of carbonyl (C=O) groups excluding carboxylic acids is 2. The Morgan fingerprint density at radius 1 is 1.16 bits per heavy atom. The van der Waals surface area contributed by atoms with Crippen LogP contribution in [0.5, 0.6) is 0 Å². The van der Waals surface area contributed by atoms with Crippen molar-refractivity contribution in [2.75, 3.05) is 0 Å². The summed E-state index contributed by atoms with van der Waals surface area (Å²) in [5, 5.41) is 6.92. The third-order valence-corrected chi connectivity index (χ3v) is 6.11. The molecule has 7 nitrogen and oxygen atoms in total. The SMILES string of the molecule is Cn1nc(CC(=O)NN2C(=O)C(=Cc3ccc(Cl)cc3)SC2=S)c2ccccc2c1=O. The van der Waals surface area contributed by atoms with E-state index in [1.54, 1.807) is 54.6 Å². The van der Waals surface area contributed by atoms with E-state index in [9.17, 15) is 14.4 Å². The Bertz CT molecular complexity index is 1320. The van der Waals surface area contributed by atoms with Crippen LogP contribution in [-0.4, -0.2) is 30.9 Å². The lowest BCUT2D eigenvalue weighted by Crippen LogP contribution is -2.45. The number of hydrogen-bond donors (Lipinski definition) is 1. The van der Waals surface area contributed by atoms with E-state index in [1.165, 1.54) is 11.7 Å². The molecule has 1 aromatic heterocycles. The fraction of sp³-hybridized carbons (Fsp3) is 0.0952. The van der Waals surface area contributed by atoms with E-state index in [4.69, 9.17) is 23.8 Å². The molecule has 31 heavy (non-hydrogen) atoms. The van der Waals surface area contributed by atoms with Gasteiger partial charge in [0.15, 0.2) is 4.32 Å². The van der Waals surface area contributed by atoms with Crippen LogP contribution in [0.25, 0.3) is 16.8 Å². The Balaban J connectivity index is 1.53. The van der Waals surface area contributed by atoms with Gasteiger partial charge in [0.05, 0.1) is 22.4 Å². The molecule has 0 atom stereocenters. The van der Waals surface area contributed by atoms with Crippen molar-refractivity contribution < 1.29 is 9.59 Å². The molecule has 1 fully saturated rings. The van der Waals surface area contributed by atoms with E-state index >= 15 is 0 Å². The van der Waals surface area contributed by atoms with Gasteiger partial charge in [0.1, 0.15) is 0 Å². The predicted octanol–water partition coefficient (Wildman–Crippen LogP) is 3.06. The number of thiocarbonyl (C=S) groups is 1. The summed E-state index contributed by atoms with van der Waals surface area (Å²) in [6.45, 7) is 0. The van der Waals surface area contributed by atoms with Gasteiger partial charge in [-0.3, -0.25) is 19.8 Å². The lowest BCUT2D eigenvalue weighted by molar-refractivity contribution is -0.132. The highest BCUT2D eigenvalue weighted by atomic mass is 35.5. The lowest BCUT2D eigenvalue weighted by Gasteiger charge is -2.16. The number of rotatable bonds is 4. The van der Waals surface area contributed by atoms with Crippen LogP contribution in [0.3, 0.4) is 0 Å². The molecule has 0 spiro atoms. The van der Waals surface area contributed by atoms with Crippen LogP contribution >= 0.6 is 35.6 Å². The van der Waals surface area contributed by atoms with Crippen molar-refractivity contribution in [2.24, 2.45) is 7.05 Å². The molecule has 0 unspecified atom stereocenters. The summed E-state index contributed by atoms with van der Waals surface area (Å²) in [6.07, 6.45) is 1.56. The third kappa shape index (κ3) is 4.39. The molecular formula is C21H15ClN4O3S2. The van der Waals surface area contributed by atoms with Gasteiger partial charge < -0.3 is 0 Å². The van der Waals surface area contributed by atoms with Gasteiger partial charge in [-0.05, 0) is 42.1 Å². The molecule has 1 aliphatic heterocycles. The summed E-state index contributed by atoms with van der Waals surface area (Å²) in [5.74, 6) is -0.892. The Morgan fingerprint density at radius 2 is 1.84 bits per heavy atom. The van der Waals surface area contributed by atoms with Crippen LogP contribution in [-0.2, 0) is 23.1 Å². The van der Waals surface area contributed by atoms with Gasteiger partial charge in [-0.1, -0.05) is 53.7 Å². The Kier molecular flexibility index (Phi) is 5.90. The highest BCUT2D eigenvalue weighted by Gasteiger charge is 2.33. The summed E-state index contributed by atoms with van der Waals surface area (Å²) in [5.41, 5.74) is 3.51. The molecule has 1 saturated heterocycles. The Morgan fingerprint density at radius 3 is 2.55 bits per heavy atom. The first kappa shape index (κ1) is 21.2. The minimum atomic E-state index is -0.472. The summed E-state index contributed by atoms with van der Waals surface area (Å²) >= 11 is 12.2. The van der Waals surface area contributed by atoms with Gasteiger partial charge in [-0.2, -0.15) is 10.1 Å². The quantitative estimate of drug-likeness (QED) is 0.466. The number of nitrogens with one attached hydrogen (secondary N) is 1. The zero-order valence-electron chi connectivity index (χ0n) is 16.2. The van der Waals surface area contributed by atoms with Crippen LogP contribution in [0.4, 0.5) is 0 Å². The molecule has 4 rings (SSSR count). The Hall–Kier alpha value is -3.01. The fourth-order valence-electron chi connectivity index (χ4n) is 3.10. The van der Waals surface area contributed by atoms with Crippen molar-refractivity contribution in [3.8, 4) is 0 Å². The molecule has 0 saturated carbocycles. The largest absolute Gasteiger partial charge is 0.285 e. The molecule has 2 heterocycles. The Labute approximate surface area is 191 Å². The van der Waals surface area contributed by atoms with Crippen molar-refractivity contribution in [1.82, 2.24) is 20.2 Å². The van der Waals surface area contributed by atoms with Crippen LogP contribution < -0.4 is 11.0 Å². The van der Waals surface area contributed by atoms with Crippen molar-refractivity contribution in [2.45, 2.75) is 6.42 Å². The molecule has 0 aliphatic carbocycles. The van der Waals surface area contributed by atoms with Crippen molar-refractivity contribution in [3.63, 3.8) is 0 Å². The monoisotopic (exact) mass is 470 g/mol. The van der Waals surface area contributed by atoms with Crippen molar-refractivity contribution in [3.05, 3.63) is 80.1 Å². The average Bonchev–Trinajstić information content (AvgIpc) is 3.01. The van der Waals surface area contributed by atoms with E-state index in [0.29, 0.717) is 26.4 Å². The van der Waals surface area contributed by atoms with Gasteiger partial charge >= 0.3 is 0 Å². The second-order valence-electron chi connectivity index (χ2n) is 6.70. The smallest absolute Gasteiger partial charge is 0.273 e. The topological polar surface area (TPSA) is 84.3 Å². The average molecular weight is 471 g/mol. The molecule has 0 bridgehead atoms. The number of fused-ring (bicyclic) bond motifs is 1. The first-order valence-electron chi connectivity index (χ1n) is 9.11. The second-order valence-corrected chi connectivity index (χ2v) is 8.81. The maximum atomic E-state index is 12.7. The summed E-state index contributed by atoms with van der Waals surface area (Å²) in [7, 11) is 1.53. The van der Waals surface area contributed by atoms with E-state index < -0.39 is 11.8 Å². The van der Waals surface area contributed by atoms with Crippen molar-refractivity contribution >= 4 is 68.6 Å². The molecule has 2 amide bonds. The third-order valence-electron chi connectivity index (χ3n) is 4.56.